The Morgan fingerprint density at radius 2 is 2.53 bits per heavy atom. The number of piperidine rings is 1. The van der Waals surface area contributed by atoms with Gasteiger partial charge in [0.05, 0.1) is 6.33 Å². The van der Waals surface area contributed by atoms with E-state index in [0.29, 0.717) is 25.9 Å². The molecule has 1 fully saturated rings. The van der Waals surface area contributed by atoms with Crippen molar-refractivity contribution in [1.82, 2.24) is 20.2 Å². The monoisotopic (exact) mass is 236 g/mol. The summed E-state index contributed by atoms with van der Waals surface area (Å²) in [6.07, 6.45) is 6.85. The second-order valence-electron chi connectivity index (χ2n) is 4.16. The quantitative estimate of drug-likeness (QED) is 0.751. The molecule has 0 spiro atoms. The lowest BCUT2D eigenvalue weighted by Gasteiger charge is -2.23. The van der Waals surface area contributed by atoms with Crippen molar-refractivity contribution in [3.63, 3.8) is 0 Å². The predicted octanol–water partition coefficient (Wildman–Crippen LogP) is -0.332. The van der Waals surface area contributed by atoms with Crippen LogP contribution >= 0.6 is 0 Å². The number of nitrogens with one attached hydrogen (secondary N) is 2. The molecule has 2 rings (SSSR count). The van der Waals surface area contributed by atoms with Gasteiger partial charge in [-0.25, -0.2) is 4.98 Å². The molecule has 1 saturated heterocycles. The van der Waals surface area contributed by atoms with E-state index in [0.717, 1.165) is 6.42 Å². The number of aryl methyl sites for hydroxylation is 1. The number of aromatic nitrogens is 2. The highest BCUT2D eigenvalue weighted by atomic mass is 16.2. The fraction of sp³-hybridized carbons (Fsp3) is 0.545. The van der Waals surface area contributed by atoms with Gasteiger partial charge in [-0.2, -0.15) is 0 Å². The van der Waals surface area contributed by atoms with Crippen molar-refractivity contribution in [1.29, 1.82) is 0 Å². The summed E-state index contributed by atoms with van der Waals surface area (Å²) in [7, 11) is 0. The molecule has 1 atom stereocenters. The lowest BCUT2D eigenvalue weighted by atomic mass is 10.1. The number of carbonyl (C=O) groups excluding carboxylic acids is 2. The molecule has 2 heterocycles. The van der Waals surface area contributed by atoms with Crippen molar-refractivity contribution in [2.24, 2.45) is 0 Å². The molecule has 1 aromatic rings. The highest BCUT2D eigenvalue weighted by molar-refractivity contribution is 5.78. The summed E-state index contributed by atoms with van der Waals surface area (Å²) in [5, 5.41) is 5.65. The van der Waals surface area contributed by atoms with E-state index in [1.807, 2.05) is 10.8 Å². The van der Waals surface area contributed by atoms with E-state index in [2.05, 4.69) is 15.6 Å². The number of hydrogen-bond donors (Lipinski definition) is 2. The van der Waals surface area contributed by atoms with Crippen LogP contribution in [0.3, 0.4) is 0 Å². The first-order valence-corrected chi connectivity index (χ1v) is 5.76. The first-order chi connectivity index (χ1) is 8.24. The number of nitrogens with zero attached hydrogens (tertiary/aromatic N) is 2. The van der Waals surface area contributed by atoms with Gasteiger partial charge in [-0.05, 0) is 6.42 Å². The molecule has 2 N–H and O–H groups in total. The SMILES string of the molecule is O=C1CCC(NC(=O)CCn2ccnc2)CN1. The summed E-state index contributed by atoms with van der Waals surface area (Å²) < 4.78 is 1.86. The number of rotatable bonds is 4. The summed E-state index contributed by atoms with van der Waals surface area (Å²) in [6.45, 7) is 1.17. The van der Waals surface area contributed by atoms with E-state index in [4.69, 9.17) is 0 Å². The first kappa shape index (κ1) is 11.6. The topological polar surface area (TPSA) is 76.0 Å². The summed E-state index contributed by atoms with van der Waals surface area (Å²) in [6, 6.07) is 0.0722. The molecule has 1 aromatic heterocycles. The molecular formula is C11H16N4O2. The largest absolute Gasteiger partial charge is 0.354 e. The number of imidazole rings is 1. The Morgan fingerprint density at radius 1 is 1.65 bits per heavy atom. The molecule has 0 bridgehead atoms. The van der Waals surface area contributed by atoms with Crippen LogP contribution in [0.15, 0.2) is 18.7 Å². The standard InChI is InChI=1S/C11H16N4O2/c16-10-2-1-9(7-13-10)14-11(17)3-5-15-6-4-12-8-15/h4,6,8-9H,1-3,5,7H2,(H,13,16)(H,14,17). The molecule has 6 heteroatoms. The third-order valence-electron chi connectivity index (χ3n) is 2.79. The van der Waals surface area contributed by atoms with Crippen LogP contribution in [0.5, 0.6) is 0 Å². The first-order valence-electron chi connectivity index (χ1n) is 5.76. The molecule has 1 aliphatic rings. The normalized spacial score (nSPS) is 19.8. The second-order valence-corrected chi connectivity index (χ2v) is 4.16. The van der Waals surface area contributed by atoms with E-state index in [1.165, 1.54) is 0 Å². The van der Waals surface area contributed by atoms with Crippen molar-refractivity contribution in [2.45, 2.75) is 31.8 Å². The molecule has 0 radical (unpaired) electrons. The Labute approximate surface area is 99.4 Å². The minimum absolute atomic E-state index is 0.0137. The van der Waals surface area contributed by atoms with Crippen molar-refractivity contribution >= 4 is 11.8 Å². The lowest BCUT2D eigenvalue weighted by Crippen LogP contribution is -2.47. The Morgan fingerprint density at radius 3 is 3.18 bits per heavy atom. The zero-order valence-electron chi connectivity index (χ0n) is 9.56. The number of hydrogen-bond acceptors (Lipinski definition) is 3. The van der Waals surface area contributed by atoms with Crippen LogP contribution in [-0.4, -0.2) is 34.0 Å². The van der Waals surface area contributed by atoms with Crippen molar-refractivity contribution in [2.75, 3.05) is 6.54 Å². The van der Waals surface area contributed by atoms with Gasteiger partial charge in [0.25, 0.3) is 0 Å². The minimum Gasteiger partial charge on any atom is -0.354 e. The van der Waals surface area contributed by atoms with Gasteiger partial charge in [-0.1, -0.05) is 0 Å². The number of amides is 2. The Hall–Kier alpha value is -1.85. The molecule has 17 heavy (non-hydrogen) atoms. The zero-order chi connectivity index (χ0) is 12.1. The predicted molar refractivity (Wildman–Crippen MR) is 61.0 cm³/mol. The average Bonchev–Trinajstić information content (AvgIpc) is 2.83. The fourth-order valence-corrected chi connectivity index (χ4v) is 1.81. The second kappa shape index (κ2) is 5.47. The van der Waals surface area contributed by atoms with Crippen molar-refractivity contribution in [3.05, 3.63) is 18.7 Å². The van der Waals surface area contributed by atoms with E-state index >= 15 is 0 Å². The summed E-state index contributed by atoms with van der Waals surface area (Å²) in [5.74, 6) is 0.0776. The van der Waals surface area contributed by atoms with Gasteiger partial charge < -0.3 is 15.2 Å². The Balaban J connectivity index is 1.68. The maximum atomic E-state index is 11.6. The molecular weight excluding hydrogens is 220 g/mol. The van der Waals surface area contributed by atoms with E-state index in [9.17, 15) is 9.59 Å². The molecule has 1 aliphatic heterocycles. The fourth-order valence-electron chi connectivity index (χ4n) is 1.81. The smallest absolute Gasteiger partial charge is 0.222 e. The highest BCUT2D eigenvalue weighted by Gasteiger charge is 2.19. The zero-order valence-corrected chi connectivity index (χ0v) is 9.56. The van der Waals surface area contributed by atoms with E-state index in [-0.39, 0.29) is 17.9 Å². The van der Waals surface area contributed by atoms with Crippen LogP contribution in [0.2, 0.25) is 0 Å². The average molecular weight is 236 g/mol. The van der Waals surface area contributed by atoms with Gasteiger partial charge in [0.2, 0.25) is 11.8 Å². The Bertz CT molecular complexity index is 378. The maximum Gasteiger partial charge on any atom is 0.222 e. The molecule has 1 unspecified atom stereocenters. The lowest BCUT2D eigenvalue weighted by molar-refractivity contribution is -0.125. The van der Waals surface area contributed by atoms with Crippen LogP contribution in [0.1, 0.15) is 19.3 Å². The van der Waals surface area contributed by atoms with Gasteiger partial charge >= 0.3 is 0 Å². The third kappa shape index (κ3) is 3.58. The third-order valence-corrected chi connectivity index (χ3v) is 2.79. The maximum absolute atomic E-state index is 11.6. The van der Waals surface area contributed by atoms with Crippen LogP contribution < -0.4 is 10.6 Å². The summed E-state index contributed by atoms with van der Waals surface area (Å²) >= 11 is 0. The van der Waals surface area contributed by atoms with Gasteiger partial charge in [0.1, 0.15) is 0 Å². The van der Waals surface area contributed by atoms with Crippen LogP contribution in [0.25, 0.3) is 0 Å². The van der Waals surface area contributed by atoms with Crippen LogP contribution in [-0.2, 0) is 16.1 Å². The highest BCUT2D eigenvalue weighted by Crippen LogP contribution is 2.03. The molecule has 2 amide bonds. The molecule has 92 valence electrons. The van der Waals surface area contributed by atoms with E-state index < -0.39 is 0 Å². The van der Waals surface area contributed by atoms with E-state index in [1.54, 1.807) is 12.5 Å². The molecule has 0 aliphatic carbocycles. The van der Waals surface area contributed by atoms with Gasteiger partial charge in [0, 0.05) is 44.4 Å². The van der Waals surface area contributed by atoms with Crippen molar-refractivity contribution in [3.8, 4) is 0 Å². The van der Waals surface area contributed by atoms with Gasteiger partial charge in [-0.15, -0.1) is 0 Å². The Kier molecular flexibility index (Phi) is 3.74. The van der Waals surface area contributed by atoms with Gasteiger partial charge in [-0.3, -0.25) is 9.59 Å². The summed E-state index contributed by atoms with van der Waals surface area (Å²) in [4.78, 5) is 26.5. The number of carbonyl (C=O) groups is 2. The van der Waals surface area contributed by atoms with Crippen LogP contribution in [0.4, 0.5) is 0 Å². The molecule has 0 saturated carbocycles. The summed E-state index contributed by atoms with van der Waals surface area (Å²) in [5.41, 5.74) is 0. The minimum atomic E-state index is 0.0137. The van der Waals surface area contributed by atoms with Gasteiger partial charge in [0.15, 0.2) is 0 Å². The van der Waals surface area contributed by atoms with Crippen molar-refractivity contribution < 1.29 is 9.59 Å². The van der Waals surface area contributed by atoms with Crippen LogP contribution in [0, 0.1) is 0 Å². The molecule has 6 nitrogen and oxygen atoms in total. The molecule has 0 aromatic carbocycles.